The molecule has 0 saturated heterocycles. The number of amides is 1. The molecule has 0 spiro atoms. The lowest BCUT2D eigenvalue weighted by Crippen LogP contribution is -2.15. The lowest BCUT2D eigenvalue weighted by molar-refractivity contribution is -0.115. The van der Waals surface area contributed by atoms with Crippen LogP contribution in [0.1, 0.15) is 36.5 Å². The van der Waals surface area contributed by atoms with Crippen molar-refractivity contribution in [1.29, 1.82) is 0 Å². The summed E-state index contributed by atoms with van der Waals surface area (Å²) in [6, 6.07) is 14.0. The highest BCUT2D eigenvalue weighted by molar-refractivity contribution is 5.91. The van der Waals surface area contributed by atoms with E-state index in [0.717, 1.165) is 11.1 Å². The van der Waals surface area contributed by atoms with E-state index in [1.54, 1.807) is 12.4 Å². The number of pyridine rings is 1. The zero-order chi connectivity index (χ0) is 17.6. The molecule has 3 rings (SSSR count). The maximum atomic E-state index is 12.2. The Hall–Kier alpha value is -2.95. The molecule has 5 heteroatoms. The summed E-state index contributed by atoms with van der Waals surface area (Å²) in [4.78, 5) is 16.5. The van der Waals surface area contributed by atoms with E-state index in [4.69, 9.17) is 0 Å². The molecule has 1 N–H and O–H groups in total. The minimum absolute atomic E-state index is 0.0901. The molecule has 0 bridgehead atoms. The van der Waals surface area contributed by atoms with Gasteiger partial charge in [0.15, 0.2) is 0 Å². The average Bonchev–Trinajstić information content (AvgIpc) is 3.02. The first-order valence-corrected chi connectivity index (χ1v) is 8.41. The van der Waals surface area contributed by atoms with E-state index in [1.807, 2.05) is 41.2 Å². The van der Waals surface area contributed by atoms with Crippen molar-refractivity contribution in [2.75, 3.05) is 5.32 Å². The van der Waals surface area contributed by atoms with Gasteiger partial charge in [-0.1, -0.05) is 44.2 Å². The van der Waals surface area contributed by atoms with Crippen LogP contribution < -0.4 is 5.32 Å². The molecule has 0 atom stereocenters. The Balaban J connectivity index is 1.59. The van der Waals surface area contributed by atoms with Crippen LogP contribution in [0, 0.1) is 0 Å². The fraction of sp³-hybridized carbons (Fsp3) is 0.250. The van der Waals surface area contributed by atoms with Crippen LogP contribution in [-0.4, -0.2) is 20.7 Å². The summed E-state index contributed by atoms with van der Waals surface area (Å²) < 4.78 is 1.84. The number of benzene rings is 1. The minimum atomic E-state index is -0.0901. The van der Waals surface area contributed by atoms with Crippen molar-refractivity contribution in [1.82, 2.24) is 14.8 Å². The fourth-order valence-electron chi connectivity index (χ4n) is 2.60. The van der Waals surface area contributed by atoms with Gasteiger partial charge >= 0.3 is 0 Å². The molecule has 0 aliphatic carbocycles. The number of anilines is 1. The zero-order valence-corrected chi connectivity index (χ0v) is 14.5. The van der Waals surface area contributed by atoms with Crippen LogP contribution in [0.3, 0.4) is 0 Å². The second-order valence-corrected chi connectivity index (χ2v) is 6.39. The summed E-state index contributed by atoms with van der Waals surface area (Å²) in [5.41, 5.74) is 3.21. The summed E-state index contributed by atoms with van der Waals surface area (Å²) >= 11 is 0. The van der Waals surface area contributed by atoms with Crippen molar-refractivity contribution in [3.05, 3.63) is 77.7 Å². The number of rotatable bonds is 6. The van der Waals surface area contributed by atoms with Crippen molar-refractivity contribution in [3.8, 4) is 0 Å². The molecule has 5 nitrogen and oxygen atoms in total. The Bertz CT molecular complexity index is 840. The molecular weight excluding hydrogens is 312 g/mol. The Morgan fingerprint density at radius 1 is 1.16 bits per heavy atom. The number of nitrogens with zero attached hydrogens (tertiary/aromatic N) is 3. The molecule has 0 fully saturated rings. The Morgan fingerprint density at radius 2 is 1.96 bits per heavy atom. The molecule has 0 aliphatic heterocycles. The number of hydrogen-bond acceptors (Lipinski definition) is 3. The van der Waals surface area contributed by atoms with Gasteiger partial charge in [0.1, 0.15) is 5.82 Å². The lowest BCUT2D eigenvalue weighted by atomic mass is 10.1. The molecule has 2 heterocycles. The lowest BCUT2D eigenvalue weighted by Gasteiger charge is -2.08. The number of nitrogens with one attached hydrogen (secondary N) is 1. The van der Waals surface area contributed by atoms with Crippen LogP contribution in [0.5, 0.6) is 0 Å². The van der Waals surface area contributed by atoms with Crippen molar-refractivity contribution >= 4 is 11.7 Å². The third-order valence-electron chi connectivity index (χ3n) is 3.96. The maximum absolute atomic E-state index is 12.2. The van der Waals surface area contributed by atoms with E-state index < -0.39 is 0 Å². The van der Waals surface area contributed by atoms with Gasteiger partial charge in [0.25, 0.3) is 0 Å². The van der Waals surface area contributed by atoms with Crippen molar-refractivity contribution in [2.45, 2.75) is 32.7 Å². The first kappa shape index (κ1) is 16.9. The number of hydrogen-bond donors (Lipinski definition) is 1. The number of aromatic nitrogens is 3. The molecular formula is C20H22N4O. The Labute approximate surface area is 147 Å². The summed E-state index contributed by atoms with van der Waals surface area (Å²) in [7, 11) is 0. The van der Waals surface area contributed by atoms with E-state index in [2.05, 4.69) is 41.4 Å². The van der Waals surface area contributed by atoms with E-state index in [-0.39, 0.29) is 12.3 Å². The highest BCUT2D eigenvalue weighted by Crippen LogP contribution is 2.16. The summed E-state index contributed by atoms with van der Waals surface area (Å²) in [6.07, 6.45) is 5.65. The minimum Gasteiger partial charge on any atom is -0.310 e. The smallest absolute Gasteiger partial charge is 0.230 e. The molecule has 0 saturated carbocycles. The normalized spacial score (nSPS) is 10.8. The molecule has 1 aromatic carbocycles. The van der Waals surface area contributed by atoms with Gasteiger partial charge in [-0.2, -0.15) is 5.10 Å². The van der Waals surface area contributed by atoms with Crippen LogP contribution in [0.4, 0.5) is 5.82 Å². The first-order chi connectivity index (χ1) is 12.1. The van der Waals surface area contributed by atoms with Crippen LogP contribution in [0.25, 0.3) is 0 Å². The van der Waals surface area contributed by atoms with Crippen LogP contribution >= 0.6 is 0 Å². The predicted octanol–water partition coefficient (Wildman–Crippen LogP) is 3.63. The van der Waals surface area contributed by atoms with E-state index in [1.165, 1.54) is 5.56 Å². The Kier molecular flexibility index (Phi) is 5.23. The van der Waals surface area contributed by atoms with Crippen LogP contribution in [0.15, 0.2) is 61.1 Å². The van der Waals surface area contributed by atoms with Gasteiger partial charge in [-0.05, 0) is 34.7 Å². The second kappa shape index (κ2) is 7.75. The molecule has 1 amide bonds. The van der Waals surface area contributed by atoms with Gasteiger partial charge < -0.3 is 5.32 Å². The van der Waals surface area contributed by atoms with Crippen molar-refractivity contribution in [3.63, 3.8) is 0 Å². The number of carbonyl (C=O) groups is 1. The summed E-state index contributed by atoms with van der Waals surface area (Å²) in [5.74, 6) is 0.899. The van der Waals surface area contributed by atoms with Gasteiger partial charge in [-0.15, -0.1) is 0 Å². The third-order valence-corrected chi connectivity index (χ3v) is 3.96. The van der Waals surface area contributed by atoms with E-state index in [9.17, 15) is 4.79 Å². The van der Waals surface area contributed by atoms with Crippen molar-refractivity contribution in [2.24, 2.45) is 0 Å². The molecule has 0 aliphatic rings. The average molecular weight is 334 g/mol. The monoisotopic (exact) mass is 334 g/mol. The highest BCUT2D eigenvalue weighted by Gasteiger charge is 2.09. The largest absolute Gasteiger partial charge is 0.310 e. The predicted molar refractivity (Wildman–Crippen MR) is 98.4 cm³/mol. The fourth-order valence-corrected chi connectivity index (χ4v) is 2.60. The second-order valence-electron chi connectivity index (χ2n) is 6.39. The molecule has 25 heavy (non-hydrogen) atoms. The molecule has 2 aromatic heterocycles. The van der Waals surface area contributed by atoms with Crippen LogP contribution in [-0.2, 0) is 17.8 Å². The third kappa shape index (κ3) is 4.76. The topological polar surface area (TPSA) is 59.8 Å². The SMILES string of the molecule is CC(C)c1ccnc(NC(=O)Cc2cnn(Cc3ccccc3)c2)c1. The van der Waals surface area contributed by atoms with Crippen LogP contribution in [0.2, 0.25) is 0 Å². The molecule has 3 aromatic rings. The maximum Gasteiger partial charge on any atom is 0.230 e. The first-order valence-electron chi connectivity index (χ1n) is 8.41. The summed E-state index contributed by atoms with van der Waals surface area (Å²) in [5, 5.41) is 7.19. The van der Waals surface area contributed by atoms with E-state index in [0.29, 0.717) is 18.3 Å². The van der Waals surface area contributed by atoms with Gasteiger partial charge in [0, 0.05) is 12.4 Å². The van der Waals surface area contributed by atoms with Gasteiger partial charge in [0.05, 0.1) is 19.2 Å². The molecule has 128 valence electrons. The molecule has 0 radical (unpaired) electrons. The highest BCUT2D eigenvalue weighted by atomic mass is 16.1. The quantitative estimate of drug-likeness (QED) is 0.749. The molecule has 0 unspecified atom stereocenters. The van der Waals surface area contributed by atoms with Crippen molar-refractivity contribution < 1.29 is 4.79 Å². The Morgan fingerprint density at radius 3 is 2.72 bits per heavy atom. The van der Waals surface area contributed by atoms with Gasteiger partial charge in [-0.25, -0.2) is 4.98 Å². The van der Waals surface area contributed by atoms with E-state index >= 15 is 0 Å². The van der Waals surface area contributed by atoms with Gasteiger partial charge in [0.2, 0.25) is 5.91 Å². The number of carbonyl (C=O) groups excluding carboxylic acids is 1. The standard InChI is InChI=1S/C20H22N4O/c1-15(2)18-8-9-21-19(11-18)23-20(25)10-17-12-22-24(14-17)13-16-6-4-3-5-7-16/h3-9,11-12,14-15H,10,13H2,1-2H3,(H,21,23,25). The zero-order valence-electron chi connectivity index (χ0n) is 14.5. The van der Waals surface area contributed by atoms with Gasteiger partial charge in [-0.3, -0.25) is 9.48 Å². The summed E-state index contributed by atoms with van der Waals surface area (Å²) in [6.45, 7) is 4.92.